The Morgan fingerprint density at radius 2 is 1.85 bits per heavy atom. The summed E-state index contributed by atoms with van der Waals surface area (Å²) in [6.07, 6.45) is 2.90. The Bertz CT molecular complexity index is 566. The SMILES string of the molecule is CCCC(CCO)CN=C(NCC)NCCNC(=O)c1ccccc1Cl.I. The van der Waals surface area contributed by atoms with E-state index in [0.29, 0.717) is 36.1 Å². The van der Waals surface area contributed by atoms with Gasteiger partial charge in [0.1, 0.15) is 0 Å². The van der Waals surface area contributed by atoms with Crippen molar-refractivity contribution in [3.8, 4) is 0 Å². The normalized spacial score (nSPS) is 12.1. The molecule has 0 aliphatic rings. The van der Waals surface area contributed by atoms with Gasteiger partial charge in [-0.2, -0.15) is 0 Å². The van der Waals surface area contributed by atoms with E-state index in [1.165, 1.54) is 0 Å². The second-order valence-electron chi connectivity index (χ2n) is 6.05. The summed E-state index contributed by atoms with van der Waals surface area (Å²) in [7, 11) is 0. The first-order valence-corrected chi connectivity index (χ1v) is 9.65. The number of aliphatic hydroxyl groups is 1. The Labute approximate surface area is 184 Å². The van der Waals surface area contributed by atoms with Gasteiger partial charge in [-0.25, -0.2) is 0 Å². The first-order chi connectivity index (χ1) is 12.6. The molecule has 0 saturated carbocycles. The maximum absolute atomic E-state index is 12.1. The minimum Gasteiger partial charge on any atom is -0.396 e. The second kappa shape index (κ2) is 15.9. The van der Waals surface area contributed by atoms with Crippen molar-refractivity contribution < 1.29 is 9.90 Å². The molecule has 1 atom stereocenters. The van der Waals surface area contributed by atoms with Gasteiger partial charge in [0.25, 0.3) is 5.91 Å². The lowest BCUT2D eigenvalue weighted by molar-refractivity contribution is 0.0954. The predicted octanol–water partition coefficient (Wildman–Crippen LogP) is 3.04. The average Bonchev–Trinajstić information content (AvgIpc) is 2.63. The van der Waals surface area contributed by atoms with E-state index in [4.69, 9.17) is 16.7 Å². The van der Waals surface area contributed by atoms with Crippen LogP contribution in [0.25, 0.3) is 0 Å². The largest absolute Gasteiger partial charge is 0.396 e. The molecule has 1 unspecified atom stereocenters. The number of aliphatic hydroxyl groups excluding tert-OH is 1. The number of guanidine groups is 1. The highest BCUT2D eigenvalue weighted by atomic mass is 127. The van der Waals surface area contributed by atoms with Gasteiger partial charge in [0.05, 0.1) is 10.6 Å². The quantitative estimate of drug-likeness (QED) is 0.160. The van der Waals surface area contributed by atoms with Gasteiger partial charge in [0.15, 0.2) is 5.96 Å². The molecule has 1 rings (SSSR count). The van der Waals surface area contributed by atoms with E-state index in [2.05, 4.69) is 27.9 Å². The lowest BCUT2D eigenvalue weighted by atomic mass is 10.0. The summed E-state index contributed by atoms with van der Waals surface area (Å²) in [6, 6.07) is 6.98. The van der Waals surface area contributed by atoms with Crippen molar-refractivity contribution in [1.82, 2.24) is 16.0 Å². The van der Waals surface area contributed by atoms with E-state index < -0.39 is 0 Å². The van der Waals surface area contributed by atoms with Crippen molar-refractivity contribution in [1.29, 1.82) is 0 Å². The van der Waals surface area contributed by atoms with Crippen LogP contribution in [0.15, 0.2) is 29.3 Å². The van der Waals surface area contributed by atoms with Crippen molar-refractivity contribution in [2.45, 2.75) is 33.1 Å². The molecule has 0 aliphatic heterocycles. The molecule has 0 aliphatic carbocycles. The van der Waals surface area contributed by atoms with Crippen LogP contribution < -0.4 is 16.0 Å². The summed E-state index contributed by atoms with van der Waals surface area (Å²) < 4.78 is 0. The molecule has 6 nitrogen and oxygen atoms in total. The van der Waals surface area contributed by atoms with E-state index in [0.717, 1.165) is 31.8 Å². The van der Waals surface area contributed by atoms with Crippen molar-refractivity contribution in [3.05, 3.63) is 34.9 Å². The summed E-state index contributed by atoms with van der Waals surface area (Å²) in [5.41, 5.74) is 0.473. The molecule has 8 heteroatoms. The van der Waals surface area contributed by atoms with E-state index >= 15 is 0 Å². The molecular weight excluding hydrogens is 479 g/mol. The third-order valence-corrected chi connectivity index (χ3v) is 4.24. The number of amides is 1. The van der Waals surface area contributed by atoms with Crippen molar-refractivity contribution >= 4 is 47.4 Å². The molecule has 0 spiro atoms. The number of aliphatic imine (C=N–C) groups is 1. The summed E-state index contributed by atoms with van der Waals surface area (Å²) in [6.45, 7) is 6.79. The summed E-state index contributed by atoms with van der Waals surface area (Å²) in [4.78, 5) is 16.7. The highest BCUT2D eigenvalue weighted by Crippen LogP contribution is 2.14. The number of carbonyl (C=O) groups excluding carboxylic acids is 1. The minimum absolute atomic E-state index is 0. The smallest absolute Gasteiger partial charge is 0.252 e. The van der Waals surface area contributed by atoms with Gasteiger partial charge in [-0.1, -0.05) is 37.1 Å². The zero-order valence-electron chi connectivity index (χ0n) is 16.1. The second-order valence-corrected chi connectivity index (χ2v) is 6.46. The summed E-state index contributed by atoms with van der Waals surface area (Å²) in [5, 5.41) is 18.8. The Kier molecular flexibility index (Phi) is 15.3. The molecule has 1 aromatic rings. The average molecular weight is 511 g/mol. The number of rotatable bonds is 11. The van der Waals surface area contributed by atoms with Gasteiger partial charge in [-0.15, -0.1) is 24.0 Å². The standard InChI is InChI=1S/C19H31ClN4O2.HI/c1-3-7-15(10-13-25)14-24-19(21-4-2)23-12-11-22-18(26)16-8-5-6-9-17(16)20;/h5-6,8-9,15,25H,3-4,7,10-14H2,1-2H3,(H,22,26)(H2,21,23,24);1H. The molecule has 1 aromatic carbocycles. The van der Waals surface area contributed by atoms with Crippen LogP contribution in [0.3, 0.4) is 0 Å². The van der Waals surface area contributed by atoms with E-state index in [1.807, 2.05) is 6.92 Å². The lowest BCUT2D eigenvalue weighted by Crippen LogP contribution is -2.41. The summed E-state index contributed by atoms with van der Waals surface area (Å²) in [5.74, 6) is 0.921. The fraction of sp³-hybridized carbons (Fsp3) is 0.579. The fourth-order valence-corrected chi connectivity index (χ4v) is 2.80. The Morgan fingerprint density at radius 3 is 2.48 bits per heavy atom. The van der Waals surface area contributed by atoms with Crippen LogP contribution in [0.5, 0.6) is 0 Å². The number of carbonyl (C=O) groups is 1. The topological polar surface area (TPSA) is 85.8 Å². The fourth-order valence-electron chi connectivity index (χ4n) is 2.58. The van der Waals surface area contributed by atoms with Gasteiger partial charge < -0.3 is 21.1 Å². The van der Waals surface area contributed by atoms with Gasteiger partial charge >= 0.3 is 0 Å². The molecule has 0 bridgehead atoms. The van der Waals surface area contributed by atoms with Crippen LogP contribution in [0.2, 0.25) is 5.02 Å². The first-order valence-electron chi connectivity index (χ1n) is 9.28. The molecule has 0 fully saturated rings. The highest BCUT2D eigenvalue weighted by molar-refractivity contribution is 14.0. The number of hydrogen-bond donors (Lipinski definition) is 4. The minimum atomic E-state index is -0.190. The molecule has 0 heterocycles. The predicted molar refractivity (Wildman–Crippen MR) is 123 cm³/mol. The number of halogens is 2. The third-order valence-electron chi connectivity index (χ3n) is 3.91. The zero-order chi connectivity index (χ0) is 19.2. The van der Waals surface area contributed by atoms with Gasteiger partial charge in [-0.3, -0.25) is 9.79 Å². The number of benzene rings is 1. The molecule has 4 N–H and O–H groups in total. The van der Waals surface area contributed by atoms with Crippen LogP contribution >= 0.6 is 35.6 Å². The van der Waals surface area contributed by atoms with E-state index in [-0.39, 0.29) is 36.5 Å². The van der Waals surface area contributed by atoms with E-state index in [1.54, 1.807) is 24.3 Å². The van der Waals surface area contributed by atoms with Crippen molar-refractivity contribution in [2.24, 2.45) is 10.9 Å². The maximum Gasteiger partial charge on any atom is 0.252 e. The summed E-state index contributed by atoms with van der Waals surface area (Å²) >= 11 is 6.02. The monoisotopic (exact) mass is 510 g/mol. The van der Waals surface area contributed by atoms with Crippen LogP contribution in [0, 0.1) is 5.92 Å². The molecular formula is C19H32ClIN4O2. The van der Waals surface area contributed by atoms with Gasteiger partial charge in [-0.05, 0) is 37.8 Å². The zero-order valence-corrected chi connectivity index (χ0v) is 19.2. The highest BCUT2D eigenvalue weighted by Gasteiger charge is 2.09. The third kappa shape index (κ3) is 10.8. The lowest BCUT2D eigenvalue weighted by Gasteiger charge is -2.15. The van der Waals surface area contributed by atoms with Crippen molar-refractivity contribution in [2.75, 3.05) is 32.8 Å². The maximum atomic E-state index is 12.1. The Balaban J connectivity index is 0.00000676. The number of nitrogens with zero attached hydrogens (tertiary/aromatic N) is 1. The van der Waals surface area contributed by atoms with Gasteiger partial charge in [0, 0.05) is 32.8 Å². The number of nitrogens with one attached hydrogen (secondary N) is 3. The molecule has 1 amide bonds. The van der Waals surface area contributed by atoms with Crippen LogP contribution in [-0.4, -0.2) is 49.8 Å². The van der Waals surface area contributed by atoms with Crippen LogP contribution in [0.1, 0.15) is 43.5 Å². The van der Waals surface area contributed by atoms with E-state index in [9.17, 15) is 4.79 Å². The molecule has 0 saturated heterocycles. The Hall–Kier alpha value is -1.06. The molecule has 154 valence electrons. The first kappa shape index (κ1) is 25.9. The van der Waals surface area contributed by atoms with Gasteiger partial charge in [0.2, 0.25) is 0 Å². The Morgan fingerprint density at radius 1 is 1.15 bits per heavy atom. The molecule has 27 heavy (non-hydrogen) atoms. The van der Waals surface area contributed by atoms with Crippen molar-refractivity contribution in [3.63, 3.8) is 0 Å². The molecule has 0 aromatic heterocycles. The van der Waals surface area contributed by atoms with Crippen LogP contribution in [0.4, 0.5) is 0 Å². The number of hydrogen-bond acceptors (Lipinski definition) is 3. The molecule has 0 radical (unpaired) electrons. The van der Waals surface area contributed by atoms with Crippen LogP contribution in [-0.2, 0) is 0 Å².